The van der Waals surface area contributed by atoms with Crippen molar-refractivity contribution < 1.29 is 9.53 Å². The molecular formula is C11H8N2O3. The number of nitrogens with zero attached hydrogens (tertiary/aromatic N) is 1. The fourth-order valence-electron chi connectivity index (χ4n) is 1.14. The predicted octanol–water partition coefficient (Wildman–Crippen LogP) is 1.37. The van der Waals surface area contributed by atoms with E-state index in [0.29, 0.717) is 11.3 Å². The number of carbonyl (C=O) groups excluding carboxylic acids is 1. The molecule has 0 radical (unpaired) electrons. The molecule has 0 fully saturated rings. The van der Waals surface area contributed by atoms with Crippen LogP contribution in [0, 0.1) is 0 Å². The molecule has 1 aromatic carbocycles. The third-order valence-electron chi connectivity index (χ3n) is 1.91. The summed E-state index contributed by atoms with van der Waals surface area (Å²) in [4.78, 5) is 27.9. The highest BCUT2D eigenvalue weighted by Crippen LogP contribution is 2.15. The summed E-state index contributed by atoms with van der Waals surface area (Å²) in [6.07, 6.45) is 3.58. The van der Waals surface area contributed by atoms with Gasteiger partial charge in [0, 0.05) is 18.0 Å². The fraction of sp³-hybridized carbons (Fsp3) is 0. The normalized spacial score (nSPS) is 9.75. The molecule has 2 rings (SSSR count). The number of carbonyl (C=O) groups is 1. The topological polar surface area (TPSA) is 72.0 Å². The molecule has 0 bridgehead atoms. The maximum Gasteiger partial charge on any atom is 0.311 e. The van der Waals surface area contributed by atoms with Crippen LogP contribution in [0.2, 0.25) is 0 Å². The monoisotopic (exact) mass is 216 g/mol. The Labute approximate surface area is 90.7 Å². The Bertz CT molecular complexity index is 546. The first kappa shape index (κ1) is 10.1. The molecule has 5 nitrogen and oxygen atoms in total. The van der Waals surface area contributed by atoms with Gasteiger partial charge in [-0.05, 0) is 24.3 Å². The SMILES string of the molecule is O=Cc1ccc(Oc2ncc[nH]c2=O)cc1. The lowest BCUT2D eigenvalue weighted by molar-refractivity contribution is 0.112. The molecule has 1 heterocycles. The minimum atomic E-state index is -0.401. The van der Waals surface area contributed by atoms with Crippen molar-refractivity contribution in [2.24, 2.45) is 0 Å². The number of aromatic amines is 1. The predicted molar refractivity (Wildman–Crippen MR) is 56.8 cm³/mol. The van der Waals surface area contributed by atoms with Gasteiger partial charge in [0.15, 0.2) is 0 Å². The molecule has 0 atom stereocenters. The summed E-state index contributed by atoms with van der Waals surface area (Å²) in [7, 11) is 0. The van der Waals surface area contributed by atoms with Crippen molar-refractivity contribution in [3.8, 4) is 11.6 Å². The van der Waals surface area contributed by atoms with Crippen LogP contribution in [-0.4, -0.2) is 16.3 Å². The lowest BCUT2D eigenvalue weighted by Crippen LogP contribution is -2.09. The summed E-state index contributed by atoms with van der Waals surface area (Å²) in [5, 5.41) is 0. The number of rotatable bonds is 3. The zero-order chi connectivity index (χ0) is 11.4. The second-order valence-corrected chi connectivity index (χ2v) is 3.01. The maximum atomic E-state index is 11.2. The van der Waals surface area contributed by atoms with Crippen molar-refractivity contribution in [1.82, 2.24) is 9.97 Å². The van der Waals surface area contributed by atoms with Crippen molar-refractivity contribution in [2.45, 2.75) is 0 Å². The second kappa shape index (κ2) is 4.39. The minimum Gasteiger partial charge on any atom is -0.435 e. The van der Waals surface area contributed by atoms with Gasteiger partial charge in [-0.2, -0.15) is 0 Å². The van der Waals surface area contributed by atoms with Crippen LogP contribution in [0.15, 0.2) is 41.5 Å². The average Bonchev–Trinajstić information content (AvgIpc) is 2.33. The molecule has 16 heavy (non-hydrogen) atoms. The van der Waals surface area contributed by atoms with E-state index in [4.69, 9.17) is 4.74 Å². The largest absolute Gasteiger partial charge is 0.435 e. The molecule has 0 amide bonds. The van der Waals surface area contributed by atoms with Gasteiger partial charge in [0.25, 0.3) is 5.88 Å². The number of nitrogens with one attached hydrogen (secondary N) is 1. The Morgan fingerprint density at radius 3 is 2.62 bits per heavy atom. The van der Waals surface area contributed by atoms with Crippen LogP contribution in [0.3, 0.4) is 0 Å². The van der Waals surface area contributed by atoms with Crippen LogP contribution in [0.1, 0.15) is 10.4 Å². The van der Waals surface area contributed by atoms with Gasteiger partial charge in [-0.25, -0.2) is 4.98 Å². The van der Waals surface area contributed by atoms with E-state index in [2.05, 4.69) is 9.97 Å². The van der Waals surface area contributed by atoms with Gasteiger partial charge in [0.2, 0.25) is 0 Å². The quantitative estimate of drug-likeness (QED) is 0.786. The van der Waals surface area contributed by atoms with Crippen molar-refractivity contribution in [2.75, 3.05) is 0 Å². The van der Waals surface area contributed by atoms with Crippen LogP contribution in [0.25, 0.3) is 0 Å². The molecule has 1 aromatic heterocycles. The van der Waals surface area contributed by atoms with E-state index in [-0.39, 0.29) is 5.88 Å². The highest BCUT2D eigenvalue weighted by Gasteiger charge is 2.02. The molecule has 0 aliphatic carbocycles. The summed E-state index contributed by atoms with van der Waals surface area (Å²) in [6, 6.07) is 6.38. The van der Waals surface area contributed by atoms with E-state index in [1.807, 2.05) is 0 Å². The highest BCUT2D eigenvalue weighted by molar-refractivity contribution is 5.74. The molecule has 0 saturated heterocycles. The first-order valence-electron chi connectivity index (χ1n) is 4.56. The average molecular weight is 216 g/mol. The van der Waals surface area contributed by atoms with Crippen LogP contribution in [-0.2, 0) is 0 Å². The Morgan fingerprint density at radius 1 is 1.25 bits per heavy atom. The smallest absolute Gasteiger partial charge is 0.311 e. The Morgan fingerprint density at radius 2 is 2.00 bits per heavy atom. The minimum absolute atomic E-state index is 0.0265. The molecule has 0 unspecified atom stereocenters. The lowest BCUT2D eigenvalue weighted by Gasteiger charge is -2.02. The van der Waals surface area contributed by atoms with Gasteiger partial charge >= 0.3 is 5.56 Å². The molecule has 0 aliphatic heterocycles. The lowest BCUT2D eigenvalue weighted by atomic mass is 10.2. The van der Waals surface area contributed by atoms with E-state index in [9.17, 15) is 9.59 Å². The third-order valence-corrected chi connectivity index (χ3v) is 1.91. The van der Waals surface area contributed by atoms with Gasteiger partial charge in [-0.3, -0.25) is 9.59 Å². The summed E-state index contributed by atoms with van der Waals surface area (Å²) in [5.41, 5.74) is 0.143. The van der Waals surface area contributed by atoms with Crippen LogP contribution in [0.5, 0.6) is 11.6 Å². The number of hydrogen-bond acceptors (Lipinski definition) is 4. The fourth-order valence-corrected chi connectivity index (χ4v) is 1.14. The van der Waals surface area contributed by atoms with Crippen molar-refractivity contribution in [3.05, 3.63) is 52.6 Å². The maximum absolute atomic E-state index is 11.2. The first-order valence-corrected chi connectivity index (χ1v) is 4.56. The summed E-state index contributed by atoms with van der Waals surface area (Å²) in [6.45, 7) is 0. The summed E-state index contributed by atoms with van der Waals surface area (Å²) >= 11 is 0. The van der Waals surface area contributed by atoms with Crippen molar-refractivity contribution in [3.63, 3.8) is 0 Å². The molecule has 1 N–H and O–H groups in total. The van der Waals surface area contributed by atoms with E-state index >= 15 is 0 Å². The van der Waals surface area contributed by atoms with Gasteiger partial charge in [-0.15, -0.1) is 0 Å². The zero-order valence-corrected chi connectivity index (χ0v) is 8.21. The molecule has 0 aliphatic rings. The molecule has 5 heteroatoms. The third kappa shape index (κ3) is 2.14. The van der Waals surface area contributed by atoms with Gasteiger partial charge in [0.1, 0.15) is 12.0 Å². The van der Waals surface area contributed by atoms with E-state index in [0.717, 1.165) is 6.29 Å². The number of ether oxygens (including phenoxy) is 1. The Balaban J connectivity index is 2.24. The second-order valence-electron chi connectivity index (χ2n) is 3.01. The molecule has 80 valence electrons. The van der Waals surface area contributed by atoms with Gasteiger partial charge in [-0.1, -0.05) is 0 Å². The number of H-pyrrole nitrogens is 1. The van der Waals surface area contributed by atoms with E-state index in [1.54, 1.807) is 24.3 Å². The first-order chi connectivity index (χ1) is 7.79. The standard InChI is InChI=1S/C11H8N2O3/c14-7-8-1-3-9(4-2-8)16-11-10(15)12-5-6-13-11/h1-7H,(H,12,15). The number of aromatic nitrogens is 2. The summed E-state index contributed by atoms with van der Waals surface area (Å²) < 4.78 is 5.24. The Hall–Kier alpha value is -2.43. The number of aldehydes is 1. The number of hydrogen-bond donors (Lipinski definition) is 1. The molecule has 0 saturated carbocycles. The van der Waals surface area contributed by atoms with Gasteiger partial charge < -0.3 is 9.72 Å². The van der Waals surface area contributed by atoms with Gasteiger partial charge in [0.05, 0.1) is 0 Å². The molecule has 0 spiro atoms. The van der Waals surface area contributed by atoms with E-state index in [1.165, 1.54) is 12.4 Å². The van der Waals surface area contributed by atoms with E-state index < -0.39 is 5.56 Å². The number of benzene rings is 1. The van der Waals surface area contributed by atoms with Crippen molar-refractivity contribution >= 4 is 6.29 Å². The zero-order valence-electron chi connectivity index (χ0n) is 8.21. The van der Waals surface area contributed by atoms with Crippen LogP contribution >= 0.6 is 0 Å². The Kier molecular flexibility index (Phi) is 2.77. The van der Waals surface area contributed by atoms with Crippen LogP contribution in [0.4, 0.5) is 0 Å². The highest BCUT2D eigenvalue weighted by atomic mass is 16.5. The molecule has 2 aromatic rings. The van der Waals surface area contributed by atoms with Crippen LogP contribution < -0.4 is 10.3 Å². The van der Waals surface area contributed by atoms with Crippen molar-refractivity contribution in [1.29, 1.82) is 0 Å². The summed E-state index contributed by atoms with van der Waals surface area (Å²) in [5.74, 6) is 0.427. The molecular weight excluding hydrogens is 208 g/mol.